The normalized spacial score (nSPS) is 10.4. The number of thiophene rings is 1. The Bertz CT molecular complexity index is 602. The molecule has 18 heavy (non-hydrogen) atoms. The van der Waals surface area contributed by atoms with Crippen molar-refractivity contribution >= 4 is 17.1 Å². The van der Waals surface area contributed by atoms with Gasteiger partial charge >= 0.3 is 0 Å². The molecule has 0 saturated carbocycles. The summed E-state index contributed by atoms with van der Waals surface area (Å²) in [6.45, 7) is 3.86. The number of carbonyl (C=O) groups excluding carboxylic acids is 1. The molecule has 0 unspecified atom stereocenters. The number of methoxy groups -OCH3 is 1. The lowest BCUT2D eigenvalue weighted by Gasteiger charge is -2.04. The van der Waals surface area contributed by atoms with Crippen LogP contribution in [0.4, 0.5) is 4.39 Å². The monoisotopic (exact) mass is 264 g/mol. The van der Waals surface area contributed by atoms with Gasteiger partial charge in [-0.25, -0.2) is 4.39 Å². The van der Waals surface area contributed by atoms with E-state index in [4.69, 9.17) is 4.74 Å². The molecule has 0 aliphatic carbocycles. The number of halogens is 1. The molecule has 2 rings (SSSR count). The largest absolute Gasteiger partial charge is 0.494 e. The summed E-state index contributed by atoms with van der Waals surface area (Å²) in [6, 6.07) is 6.14. The Labute approximate surface area is 109 Å². The summed E-state index contributed by atoms with van der Waals surface area (Å²) in [4.78, 5) is 14.1. The van der Waals surface area contributed by atoms with Crippen molar-refractivity contribution in [2.75, 3.05) is 7.11 Å². The van der Waals surface area contributed by atoms with Crippen molar-refractivity contribution in [1.29, 1.82) is 0 Å². The van der Waals surface area contributed by atoms with Crippen molar-refractivity contribution in [1.82, 2.24) is 0 Å². The van der Waals surface area contributed by atoms with Gasteiger partial charge in [0.2, 0.25) is 5.78 Å². The van der Waals surface area contributed by atoms with E-state index < -0.39 is 5.82 Å². The van der Waals surface area contributed by atoms with Gasteiger partial charge in [-0.1, -0.05) is 0 Å². The van der Waals surface area contributed by atoms with Gasteiger partial charge in [-0.2, -0.15) is 0 Å². The van der Waals surface area contributed by atoms with E-state index in [0.29, 0.717) is 10.4 Å². The van der Waals surface area contributed by atoms with Crippen molar-refractivity contribution in [2.24, 2.45) is 0 Å². The highest BCUT2D eigenvalue weighted by molar-refractivity contribution is 7.14. The summed E-state index contributed by atoms with van der Waals surface area (Å²) in [6.07, 6.45) is 0. The first-order valence-electron chi connectivity index (χ1n) is 5.48. The average molecular weight is 264 g/mol. The van der Waals surface area contributed by atoms with E-state index in [-0.39, 0.29) is 11.5 Å². The molecule has 1 aromatic heterocycles. The molecule has 0 radical (unpaired) electrons. The molecule has 0 spiro atoms. The Balaban J connectivity index is 2.43. The van der Waals surface area contributed by atoms with Gasteiger partial charge in [0.05, 0.1) is 12.0 Å². The van der Waals surface area contributed by atoms with E-state index in [1.165, 1.54) is 36.6 Å². The van der Waals surface area contributed by atoms with E-state index in [1.54, 1.807) is 0 Å². The van der Waals surface area contributed by atoms with E-state index in [0.717, 1.165) is 10.4 Å². The van der Waals surface area contributed by atoms with Crippen LogP contribution >= 0.6 is 11.3 Å². The second-order valence-electron chi connectivity index (χ2n) is 4.05. The van der Waals surface area contributed by atoms with Gasteiger partial charge in [0.15, 0.2) is 11.6 Å². The van der Waals surface area contributed by atoms with Crippen LogP contribution in [0.2, 0.25) is 0 Å². The number of hydrogen-bond donors (Lipinski definition) is 0. The molecule has 0 fully saturated rings. The smallest absolute Gasteiger partial charge is 0.203 e. The fourth-order valence-corrected chi connectivity index (χ4v) is 2.79. The standard InChI is InChI=1S/C14H13FO2S/c1-8-6-9(2)18-14(8)13(16)10-4-5-11(15)12(7-10)17-3/h4-7H,1-3H3. The summed E-state index contributed by atoms with van der Waals surface area (Å²) in [7, 11) is 1.38. The van der Waals surface area contributed by atoms with Gasteiger partial charge in [-0.05, 0) is 43.7 Å². The van der Waals surface area contributed by atoms with Crippen LogP contribution in [0.1, 0.15) is 25.7 Å². The SMILES string of the molecule is COc1cc(C(=O)c2sc(C)cc2C)ccc1F. The van der Waals surface area contributed by atoms with Gasteiger partial charge in [-0.3, -0.25) is 4.79 Å². The highest BCUT2D eigenvalue weighted by Crippen LogP contribution is 2.26. The lowest BCUT2D eigenvalue weighted by Crippen LogP contribution is -2.01. The summed E-state index contributed by atoms with van der Waals surface area (Å²) in [5, 5.41) is 0. The molecule has 2 nitrogen and oxygen atoms in total. The highest BCUT2D eigenvalue weighted by Gasteiger charge is 2.16. The molecule has 0 N–H and O–H groups in total. The molecule has 0 saturated heterocycles. The van der Waals surface area contributed by atoms with Gasteiger partial charge in [0.25, 0.3) is 0 Å². The zero-order valence-corrected chi connectivity index (χ0v) is 11.2. The second-order valence-corrected chi connectivity index (χ2v) is 5.30. The third kappa shape index (κ3) is 2.29. The van der Waals surface area contributed by atoms with Crippen LogP contribution in [-0.4, -0.2) is 12.9 Å². The topological polar surface area (TPSA) is 26.3 Å². The molecular formula is C14H13FO2S. The predicted octanol–water partition coefficient (Wildman–Crippen LogP) is 3.74. The number of carbonyl (C=O) groups is 1. The van der Waals surface area contributed by atoms with Crippen molar-refractivity contribution in [3.8, 4) is 5.75 Å². The van der Waals surface area contributed by atoms with Crippen LogP contribution < -0.4 is 4.74 Å². The van der Waals surface area contributed by atoms with Crippen molar-refractivity contribution in [3.63, 3.8) is 0 Å². The van der Waals surface area contributed by atoms with Crippen LogP contribution in [0.3, 0.4) is 0 Å². The number of ether oxygens (including phenoxy) is 1. The van der Waals surface area contributed by atoms with Crippen molar-refractivity contribution in [2.45, 2.75) is 13.8 Å². The number of aryl methyl sites for hydroxylation is 2. The molecule has 0 bridgehead atoms. The summed E-state index contributed by atoms with van der Waals surface area (Å²) in [5.74, 6) is -0.469. The van der Waals surface area contributed by atoms with E-state index in [9.17, 15) is 9.18 Å². The minimum Gasteiger partial charge on any atom is -0.494 e. The van der Waals surface area contributed by atoms with Crippen LogP contribution in [-0.2, 0) is 0 Å². The Morgan fingerprint density at radius 2 is 2.00 bits per heavy atom. The van der Waals surface area contributed by atoms with E-state index in [1.807, 2.05) is 19.9 Å². The third-order valence-electron chi connectivity index (χ3n) is 2.66. The molecule has 94 valence electrons. The molecule has 1 heterocycles. The second kappa shape index (κ2) is 4.90. The van der Waals surface area contributed by atoms with Gasteiger partial charge in [0.1, 0.15) is 0 Å². The van der Waals surface area contributed by atoms with E-state index >= 15 is 0 Å². The zero-order chi connectivity index (χ0) is 13.3. The first kappa shape index (κ1) is 12.8. The number of benzene rings is 1. The van der Waals surface area contributed by atoms with Crippen LogP contribution in [0.15, 0.2) is 24.3 Å². The lowest BCUT2D eigenvalue weighted by atomic mass is 10.1. The van der Waals surface area contributed by atoms with Crippen LogP contribution in [0, 0.1) is 19.7 Å². The Morgan fingerprint density at radius 1 is 1.28 bits per heavy atom. The third-order valence-corrected chi connectivity index (χ3v) is 3.81. The minimum atomic E-state index is -0.465. The maximum absolute atomic E-state index is 13.3. The summed E-state index contributed by atoms with van der Waals surface area (Å²) >= 11 is 1.45. The number of hydrogen-bond acceptors (Lipinski definition) is 3. The zero-order valence-electron chi connectivity index (χ0n) is 10.4. The molecule has 2 aromatic rings. The maximum Gasteiger partial charge on any atom is 0.203 e. The fourth-order valence-electron chi connectivity index (χ4n) is 1.80. The summed E-state index contributed by atoms with van der Waals surface area (Å²) in [5.41, 5.74) is 1.39. The Hall–Kier alpha value is -1.68. The van der Waals surface area contributed by atoms with Gasteiger partial charge < -0.3 is 4.74 Å². The Kier molecular flexibility index (Phi) is 3.48. The quantitative estimate of drug-likeness (QED) is 0.789. The molecular weight excluding hydrogens is 251 g/mol. The van der Waals surface area contributed by atoms with Crippen molar-refractivity contribution < 1.29 is 13.9 Å². The Morgan fingerprint density at radius 3 is 2.56 bits per heavy atom. The van der Waals surface area contributed by atoms with Crippen LogP contribution in [0.5, 0.6) is 5.75 Å². The van der Waals surface area contributed by atoms with Gasteiger partial charge in [0, 0.05) is 10.4 Å². The predicted molar refractivity (Wildman–Crippen MR) is 70.2 cm³/mol. The molecule has 0 amide bonds. The lowest BCUT2D eigenvalue weighted by molar-refractivity contribution is 0.104. The molecule has 4 heteroatoms. The fraction of sp³-hybridized carbons (Fsp3) is 0.214. The molecule has 0 aliphatic heterocycles. The first-order chi connectivity index (χ1) is 8.52. The van der Waals surface area contributed by atoms with Gasteiger partial charge in [-0.15, -0.1) is 11.3 Å². The first-order valence-corrected chi connectivity index (χ1v) is 6.30. The number of ketones is 1. The minimum absolute atomic E-state index is 0.0896. The number of rotatable bonds is 3. The maximum atomic E-state index is 13.3. The molecule has 0 atom stereocenters. The average Bonchev–Trinajstić information content (AvgIpc) is 2.68. The van der Waals surface area contributed by atoms with Crippen LogP contribution in [0.25, 0.3) is 0 Å². The molecule has 0 aliphatic rings. The van der Waals surface area contributed by atoms with Crippen molar-refractivity contribution in [3.05, 3.63) is 51.0 Å². The molecule has 1 aromatic carbocycles. The highest BCUT2D eigenvalue weighted by atomic mass is 32.1. The van der Waals surface area contributed by atoms with E-state index in [2.05, 4.69) is 0 Å². The summed E-state index contributed by atoms with van der Waals surface area (Å²) < 4.78 is 18.2.